The topological polar surface area (TPSA) is 93.1 Å². The van der Waals surface area contributed by atoms with Gasteiger partial charge in [-0.05, 0) is 13.8 Å². The second-order valence-corrected chi connectivity index (χ2v) is 5.41. The number of imide groups is 1. The molecule has 0 spiro atoms. The van der Waals surface area contributed by atoms with Crippen molar-refractivity contribution in [1.29, 1.82) is 0 Å². The van der Waals surface area contributed by atoms with Crippen molar-refractivity contribution in [2.75, 3.05) is 26.2 Å². The van der Waals surface area contributed by atoms with Gasteiger partial charge in [-0.3, -0.25) is 14.6 Å². The maximum Gasteiger partial charge on any atom is 0.325 e. The first-order valence-electron chi connectivity index (χ1n) is 6.04. The minimum atomic E-state index is -0.846. The van der Waals surface area contributed by atoms with E-state index in [1.165, 1.54) is 4.90 Å². The lowest BCUT2D eigenvalue weighted by molar-refractivity contribution is -0.130. The van der Waals surface area contributed by atoms with Gasteiger partial charge in [0.25, 0.3) is 5.91 Å². The van der Waals surface area contributed by atoms with Gasteiger partial charge in [0, 0.05) is 26.2 Å². The molecule has 7 heteroatoms. The van der Waals surface area contributed by atoms with Gasteiger partial charge in [0.15, 0.2) is 0 Å². The first kappa shape index (κ1) is 13.3. The number of nitrogens with one attached hydrogen (secondary N) is 1. The van der Waals surface area contributed by atoms with Crippen LogP contribution < -0.4 is 5.32 Å². The van der Waals surface area contributed by atoms with E-state index in [2.05, 4.69) is 5.32 Å². The van der Waals surface area contributed by atoms with Crippen LogP contribution in [0.5, 0.6) is 0 Å². The zero-order valence-corrected chi connectivity index (χ0v) is 10.6. The van der Waals surface area contributed by atoms with E-state index in [4.69, 9.17) is 0 Å². The van der Waals surface area contributed by atoms with Gasteiger partial charge >= 0.3 is 6.03 Å². The predicted molar refractivity (Wildman–Crippen MR) is 62.8 cm³/mol. The van der Waals surface area contributed by atoms with Crippen molar-refractivity contribution in [1.82, 2.24) is 15.1 Å². The molecule has 0 aromatic carbocycles. The molecule has 0 aliphatic carbocycles. The average molecular weight is 257 g/mol. The number of nitrogens with zero attached hydrogens (tertiary/aromatic N) is 2. The van der Waals surface area contributed by atoms with Crippen molar-refractivity contribution < 1.29 is 19.8 Å². The van der Waals surface area contributed by atoms with Gasteiger partial charge in [-0.25, -0.2) is 4.79 Å². The fourth-order valence-corrected chi connectivity index (χ4v) is 2.29. The van der Waals surface area contributed by atoms with Crippen molar-refractivity contribution in [3.63, 3.8) is 0 Å². The summed E-state index contributed by atoms with van der Waals surface area (Å²) in [4.78, 5) is 26.5. The molecule has 2 rings (SSSR count). The molecule has 102 valence electrons. The number of carbonyl (C=O) groups excluding carboxylic acids is 2. The second-order valence-electron chi connectivity index (χ2n) is 5.41. The summed E-state index contributed by atoms with van der Waals surface area (Å²) in [6.45, 7) is 4.80. The van der Waals surface area contributed by atoms with E-state index in [1.807, 2.05) is 4.90 Å². The van der Waals surface area contributed by atoms with Gasteiger partial charge < -0.3 is 15.5 Å². The smallest absolute Gasteiger partial charge is 0.325 e. The summed E-state index contributed by atoms with van der Waals surface area (Å²) in [5, 5.41) is 21.4. The lowest BCUT2D eigenvalue weighted by Crippen LogP contribution is -2.41. The number of amides is 3. The number of rotatable bonds is 3. The Balaban J connectivity index is 1.88. The minimum absolute atomic E-state index is 0.243. The van der Waals surface area contributed by atoms with Crippen LogP contribution in [0, 0.1) is 0 Å². The number of hydrogen-bond acceptors (Lipinski definition) is 5. The number of aliphatic hydroxyl groups excluding tert-OH is 2. The lowest BCUT2D eigenvalue weighted by atomic mass is 10.1. The van der Waals surface area contributed by atoms with Gasteiger partial charge in [-0.2, -0.15) is 0 Å². The summed E-state index contributed by atoms with van der Waals surface area (Å²) in [5.41, 5.74) is -0.846. The average Bonchev–Trinajstić information content (AvgIpc) is 2.66. The molecule has 18 heavy (non-hydrogen) atoms. The normalized spacial score (nSPS) is 32.1. The molecule has 0 bridgehead atoms. The minimum Gasteiger partial charge on any atom is -0.389 e. The molecule has 3 N–H and O–H groups in total. The SMILES string of the molecule is CC1(C)NC(=O)N(CCN2C[C@@H](O)[C@@H](O)C2)C1=O. The molecular weight excluding hydrogens is 238 g/mol. The molecule has 2 aliphatic heterocycles. The first-order chi connectivity index (χ1) is 8.31. The molecule has 0 radical (unpaired) electrons. The highest BCUT2D eigenvalue weighted by Gasteiger charge is 2.44. The summed E-state index contributed by atoms with van der Waals surface area (Å²) in [5.74, 6) is -0.243. The highest BCUT2D eigenvalue weighted by molar-refractivity contribution is 6.06. The van der Waals surface area contributed by atoms with E-state index in [0.29, 0.717) is 19.6 Å². The van der Waals surface area contributed by atoms with Crippen molar-refractivity contribution in [2.45, 2.75) is 31.6 Å². The van der Waals surface area contributed by atoms with Crippen LogP contribution in [0.3, 0.4) is 0 Å². The van der Waals surface area contributed by atoms with E-state index < -0.39 is 17.7 Å². The van der Waals surface area contributed by atoms with Crippen LogP contribution in [0.25, 0.3) is 0 Å². The number of carbonyl (C=O) groups is 2. The fraction of sp³-hybridized carbons (Fsp3) is 0.818. The summed E-state index contributed by atoms with van der Waals surface area (Å²) in [6, 6.07) is -0.384. The summed E-state index contributed by atoms with van der Waals surface area (Å²) in [6.07, 6.45) is -1.49. The van der Waals surface area contributed by atoms with Crippen LogP contribution >= 0.6 is 0 Å². The third-order valence-electron chi connectivity index (χ3n) is 3.42. The van der Waals surface area contributed by atoms with E-state index in [1.54, 1.807) is 13.8 Å². The molecule has 7 nitrogen and oxygen atoms in total. The number of β-amino-alcohol motifs (C(OH)–C–C–N with tert-alkyl or cyclic N) is 2. The van der Waals surface area contributed by atoms with Gasteiger partial charge in [0.05, 0.1) is 12.2 Å². The number of urea groups is 1. The van der Waals surface area contributed by atoms with Gasteiger partial charge in [-0.15, -0.1) is 0 Å². The zero-order valence-electron chi connectivity index (χ0n) is 10.6. The molecule has 2 fully saturated rings. The van der Waals surface area contributed by atoms with Crippen LogP contribution in [0.4, 0.5) is 4.79 Å². The standard InChI is InChI=1S/C11H19N3O4/c1-11(2)9(17)14(10(18)12-11)4-3-13-5-7(15)8(16)6-13/h7-8,15-16H,3-6H2,1-2H3,(H,12,18)/t7-,8+. The molecule has 2 heterocycles. The van der Waals surface area contributed by atoms with E-state index >= 15 is 0 Å². The Hall–Kier alpha value is -1.18. The van der Waals surface area contributed by atoms with Crippen LogP contribution in [0.1, 0.15) is 13.8 Å². The summed E-state index contributed by atoms with van der Waals surface area (Å²) in [7, 11) is 0. The predicted octanol–water partition coefficient (Wildman–Crippen LogP) is -1.65. The van der Waals surface area contributed by atoms with Crippen molar-refractivity contribution in [3.8, 4) is 0 Å². The van der Waals surface area contributed by atoms with Gasteiger partial charge in [0.2, 0.25) is 0 Å². The Morgan fingerprint density at radius 2 is 1.78 bits per heavy atom. The largest absolute Gasteiger partial charge is 0.389 e. The quantitative estimate of drug-likeness (QED) is 0.527. The molecule has 0 aromatic heterocycles. The van der Waals surface area contributed by atoms with Crippen LogP contribution in [-0.4, -0.2) is 75.9 Å². The maximum atomic E-state index is 11.9. The Bertz CT molecular complexity index is 361. The van der Waals surface area contributed by atoms with Crippen molar-refractivity contribution >= 4 is 11.9 Å². The maximum absolute atomic E-state index is 11.9. The summed E-state index contributed by atoms with van der Waals surface area (Å²) >= 11 is 0. The monoisotopic (exact) mass is 257 g/mol. The third-order valence-corrected chi connectivity index (χ3v) is 3.42. The Morgan fingerprint density at radius 1 is 1.22 bits per heavy atom. The lowest BCUT2D eigenvalue weighted by Gasteiger charge is -2.20. The second kappa shape index (κ2) is 4.49. The van der Waals surface area contributed by atoms with E-state index in [0.717, 1.165) is 0 Å². The Kier molecular flexibility index (Phi) is 3.31. The third kappa shape index (κ3) is 2.33. The van der Waals surface area contributed by atoms with Crippen LogP contribution in [-0.2, 0) is 4.79 Å². The molecule has 0 aromatic rings. The molecule has 3 amide bonds. The Labute approximate surface area is 105 Å². The highest BCUT2D eigenvalue weighted by atomic mass is 16.3. The van der Waals surface area contributed by atoms with Crippen LogP contribution in [0.15, 0.2) is 0 Å². The van der Waals surface area contributed by atoms with Gasteiger partial charge in [0.1, 0.15) is 5.54 Å². The number of hydrogen-bond donors (Lipinski definition) is 3. The molecule has 2 saturated heterocycles. The van der Waals surface area contributed by atoms with Gasteiger partial charge in [-0.1, -0.05) is 0 Å². The fourth-order valence-electron chi connectivity index (χ4n) is 2.29. The Morgan fingerprint density at radius 3 is 2.22 bits per heavy atom. The molecule has 2 aliphatic rings. The van der Waals surface area contributed by atoms with E-state index in [-0.39, 0.29) is 18.5 Å². The molecular formula is C11H19N3O4. The van der Waals surface area contributed by atoms with E-state index in [9.17, 15) is 19.8 Å². The van der Waals surface area contributed by atoms with Crippen molar-refractivity contribution in [3.05, 3.63) is 0 Å². The molecule has 2 atom stereocenters. The highest BCUT2D eigenvalue weighted by Crippen LogP contribution is 2.17. The zero-order chi connectivity index (χ0) is 13.5. The van der Waals surface area contributed by atoms with Crippen molar-refractivity contribution in [2.24, 2.45) is 0 Å². The number of aliphatic hydroxyl groups is 2. The van der Waals surface area contributed by atoms with Crippen LogP contribution in [0.2, 0.25) is 0 Å². The molecule has 0 unspecified atom stereocenters. The summed E-state index contributed by atoms with van der Waals surface area (Å²) < 4.78 is 0. The molecule has 0 saturated carbocycles. The number of likely N-dealkylation sites (tertiary alicyclic amines) is 1. The first-order valence-corrected chi connectivity index (χ1v) is 6.04.